The van der Waals surface area contributed by atoms with Crippen LogP contribution in [0.5, 0.6) is 0 Å². The predicted octanol–water partition coefficient (Wildman–Crippen LogP) is 3.40. The summed E-state index contributed by atoms with van der Waals surface area (Å²) in [7, 11) is 0. The molecule has 0 amide bonds. The number of fused-ring (bicyclic) bond motifs is 1. The zero-order valence-corrected chi connectivity index (χ0v) is 10.1. The molecule has 18 heavy (non-hydrogen) atoms. The highest BCUT2D eigenvalue weighted by atomic mass is 16.3. The van der Waals surface area contributed by atoms with Crippen LogP contribution in [0.4, 0.5) is 0 Å². The summed E-state index contributed by atoms with van der Waals surface area (Å²) in [5.41, 5.74) is 2.42. The summed E-state index contributed by atoms with van der Waals surface area (Å²) in [6, 6.07) is 11.8. The Morgan fingerprint density at radius 1 is 1.22 bits per heavy atom. The van der Waals surface area contributed by atoms with Crippen molar-refractivity contribution in [1.82, 2.24) is 4.57 Å². The van der Waals surface area contributed by atoms with Crippen LogP contribution in [0.15, 0.2) is 47.0 Å². The van der Waals surface area contributed by atoms with Gasteiger partial charge in [-0.3, -0.25) is 4.79 Å². The molecule has 0 aliphatic heterocycles. The average Bonchev–Trinajstić information content (AvgIpc) is 2.97. The third-order valence-corrected chi connectivity index (χ3v) is 3.11. The maximum Gasteiger partial charge on any atom is 0.185 e. The normalized spacial score (nSPS) is 10.9. The minimum absolute atomic E-state index is 0.373. The van der Waals surface area contributed by atoms with Gasteiger partial charge in [-0.1, -0.05) is 18.2 Å². The molecular weight excluding hydrogens is 226 g/mol. The molecule has 0 radical (unpaired) electrons. The molecule has 0 saturated carbocycles. The number of aryl methyl sites for hydroxylation is 1. The largest absolute Gasteiger partial charge is 0.456 e. The molecule has 0 aliphatic rings. The van der Waals surface area contributed by atoms with Gasteiger partial charge in [-0.05, 0) is 30.7 Å². The quantitative estimate of drug-likeness (QED) is 0.656. The molecule has 0 atom stereocenters. The zero-order chi connectivity index (χ0) is 12.5. The summed E-state index contributed by atoms with van der Waals surface area (Å²) in [5, 5.41) is 1.25. The first-order chi connectivity index (χ1) is 8.78. The summed E-state index contributed by atoms with van der Waals surface area (Å²) in [5.74, 6) is 1.16. The second-order valence-corrected chi connectivity index (χ2v) is 4.38. The number of carbonyl (C=O) groups excluding carboxylic acids is 1. The van der Waals surface area contributed by atoms with Crippen LogP contribution >= 0.6 is 0 Å². The molecular formula is C15H13NO2. The van der Waals surface area contributed by atoms with Crippen molar-refractivity contribution in [1.29, 1.82) is 0 Å². The molecule has 3 rings (SSSR count). The van der Waals surface area contributed by atoms with Crippen molar-refractivity contribution in [2.75, 3.05) is 0 Å². The smallest absolute Gasteiger partial charge is 0.185 e. The molecule has 2 heterocycles. The fourth-order valence-electron chi connectivity index (χ4n) is 2.27. The van der Waals surface area contributed by atoms with Crippen molar-refractivity contribution in [2.45, 2.75) is 13.5 Å². The van der Waals surface area contributed by atoms with Crippen molar-refractivity contribution in [3.05, 3.63) is 59.7 Å². The van der Waals surface area contributed by atoms with Crippen molar-refractivity contribution >= 4 is 17.2 Å². The molecule has 2 aromatic heterocycles. The van der Waals surface area contributed by atoms with E-state index >= 15 is 0 Å². The number of hydrogen-bond donors (Lipinski definition) is 0. The van der Waals surface area contributed by atoms with E-state index in [0.717, 1.165) is 12.0 Å². The topological polar surface area (TPSA) is 35.1 Å². The predicted molar refractivity (Wildman–Crippen MR) is 69.9 cm³/mol. The van der Waals surface area contributed by atoms with Gasteiger partial charge in [0.1, 0.15) is 5.76 Å². The SMILES string of the molecule is Cc1cn(Cc2ccc(C=O)o2)c2ccccc12. The van der Waals surface area contributed by atoms with Crippen LogP contribution in [0.25, 0.3) is 10.9 Å². The fraction of sp³-hybridized carbons (Fsp3) is 0.133. The third kappa shape index (κ3) is 1.74. The van der Waals surface area contributed by atoms with Crippen LogP contribution < -0.4 is 0 Å². The van der Waals surface area contributed by atoms with Gasteiger partial charge in [-0.2, -0.15) is 0 Å². The number of para-hydroxylation sites is 1. The minimum Gasteiger partial charge on any atom is -0.456 e. The van der Waals surface area contributed by atoms with Crippen molar-refractivity contribution in [3.8, 4) is 0 Å². The van der Waals surface area contributed by atoms with Crippen LogP contribution in [-0.4, -0.2) is 10.9 Å². The third-order valence-electron chi connectivity index (χ3n) is 3.11. The molecule has 0 N–H and O–H groups in total. The van der Waals surface area contributed by atoms with Crippen molar-refractivity contribution < 1.29 is 9.21 Å². The van der Waals surface area contributed by atoms with Gasteiger partial charge in [-0.25, -0.2) is 0 Å². The zero-order valence-electron chi connectivity index (χ0n) is 10.1. The molecule has 0 bridgehead atoms. The Labute approximate surface area is 105 Å². The van der Waals surface area contributed by atoms with Gasteiger partial charge in [0.25, 0.3) is 0 Å². The Morgan fingerprint density at radius 2 is 2.06 bits per heavy atom. The highest BCUT2D eigenvalue weighted by molar-refractivity contribution is 5.83. The highest BCUT2D eigenvalue weighted by Crippen LogP contribution is 2.21. The number of carbonyl (C=O) groups is 1. The van der Waals surface area contributed by atoms with Gasteiger partial charge in [0.2, 0.25) is 0 Å². The van der Waals surface area contributed by atoms with Gasteiger partial charge >= 0.3 is 0 Å². The van der Waals surface area contributed by atoms with Gasteiger partial charge in [0.15, 0.2) is 12.0 Å². The first-order valence-corrected chi connectivity index (χ1v) is 5.86. The second-order valence-electron chi connectivity index (χ2n) is 4.38. The molecule has 3 aromatic rings. The maximum absolute atomic E-state index is 10.6. The standard InChI is InChI=1S/C15H13NO2/c1-11-8-16(15-5-3-2-4-14(11)15)9-12-6-7-13(10-17)18-12/h2-8,10H,9H2,1H3. The molecule has 90 valence electrons. The van der Waals surface area contributed by atoms with E-state index in [1.54, 1.807) is 6.07 Å². The Hall–Kier alpha value is -2.29. The van der Waals surface area contributed by atoms with Crippen LogP contribution in [-0.2, 0) is 6.54 Å². The van der Waals surface area contributed by atoms with Crippen LogP contribution in [0.1, 0.15) is 21.9 Å². The molecule has 0 spiro atoms. The van der Waals surface area contributed by atoms with E-state index in [1.165, 1.54) is 16.5 Å². The molecule has 0 aliphatic carbocycles. The number of furan rings is 1. The summed E-state index contributed by atoms with van der Waals surface area (Å²) >= 11 is 0. The summed E-state index contributed by atoms with van der Waals surface area (Å²) in [4.78, 5) is 10.6. The average molecular weight is 239 g/mol. The first-order valence-electron chi connectivity index (χ1n) is 5.86. The first kappa shape index (κ1) is 10.8. The number of aldehydes is 1. The van der Waals surface area contributed by atoms with E-state index in [9.17, 15) is 4.79 Å². The molecule has 0 unspecified atom stereocenters. The van der Waals surface area contributed by atoms with E-state index in [2.05, 4.69) is 29.8 Å². The summed E-state index contributed by atoms with van der Waals surface area (Å²) in [6.45, 7) is 2.74. The highest BCUT2D eigenvalue weighted by Gasteiger charge is 2.07. The Kier molecular flexibility index (Phi) is 2.52. The van der Waals surface area contributed by atoms with Crippen LogP contribution in [0.3, 0.4) is 0 Å². The lowest BCUT2D eigenvalue weighted by Gasteiger charge is -2.02. The summed E-state index contributed by atoms with van der Waals surface area (Å²) in [6.07, 6.45) is 2.83. The molecule has 0 saturated heterocycles. The summed E-state index contributed by atoms with van der Waals surface area (Å²) < 4.78 is 7.54. The lowest BCUT2D eigenvalue weighted by Crippen LogP contribution is -1.96. The Bertz CT molecular complexity index is 706. The van der Waals surface area contributed by atoms with E-state index in [1.807, 2.05) is 18.2 Å². The monoisotopic (exact) mass is 239 g/mol. The van der Waals surface area contributed by atoms with Crippen molar-refractivity contribution in [2.24, 2.45) is 0 Å². The molecule has 3 nitrogen and oxygen atoms in total. The Morgan fingerprint density at radius 3 is 2.83 bits per heavy atom. The minimum atomic E-state index is 0.373. The molecule has 0 fully saturated rings. The number of hydrogen-bond acceptors (Lipinski definition) is 2. The van der Waals surface area contributed by atoms with E-state index in [4.69, 9.17) is 4.42 Å². The second kappa shape index (κ2) is 4.18. The molecule has 1 aromatic carbocycles. The van der Waals surface area contributed by atoms with Gasteiger partial charge in [-0.15, -0.1) is 0 Å². The van der Waals surface area contributed by atoms with E-state index < -0.39 is 0 Å². The maximum atomic E-state index is 10.6. The van der Waals surface area contributed by atoms with Gasteiger partial charge in [0.05, 0.1) is 6.54 Å². The number of nitrogens with zero attached hydrogens (tertiary/aromatic N) is 1. The van der Waals surface area contributed by atoms with E-state index in [-0.39, 0.29) is 0 Å². The van der Waals surface area contributed by atoms with Crippen LogP contribution in [0.2, 0.25) is 0 Å². The fourth-order valence-corrected chi connectivity index (χ4v) is 2.27. The Balaban J connectivity index is 2.02. The number of rotatable bonds is 3. The molecule has 3 heteroatoms. The van der Waals surface area contributed by atoms with E-state index in [0.29, 0.717) is 12.3 Å². The van der Waals surface area contributed by atoms with Crippen molar-refractivity contribution in [3.63, 3.8) is 0 Å². The number of aromatic nitrogens is 1. The van der Waals surface area contributed by atoms with Crippen LogP contribution in [0, 0.1) is 6.92 Å². The number of benzene rings is 1. The van der Waals surface area contributed by atoms with Gasteiger partial charge in [0, 0.05) is 17.1 Å². The van der Waals surface area contributed by atoms with Gasteiger partial charge < -0.3 is 8.98 Å². The lowest BCUT2D eigenvalue weighted by atomic mass is 10.2. The lowest BCUT2D eigenvalue weighted by molar-refractivity contribution is 0.109.